The number of pyridine rings is 1. The molecule has 2 N–H and O–H groups in total. The van der Waals surface area contributed by atoms with E-state index in [1.54, 1.807) is 12.4 Å². The minimum Gasteiger partial charge on any atom is -0.507 e. The number of carbonyl (C=O) groups is 1. The molecule has 0 radical (unpaired) electrons. The largest absolute Gasteiger partial charge is 0.507 e. The standard InChI is InChI=1S/C23H24N4O4/c1-30-23(29)13-3-2-4-14(11-13)25-22-18-12-24-9-7-15(18)20(26-27-22)17-5-6-19-16(21(17)28)8-10-31-19/h5-7,9,12-14,28H,2-4,8,10-11H2,1H3,(H,25,27)/t13-,14+/m0/s1. The van der Waals surface area contributed by atoms with Crippen LogP contribution in [0.2, 0.25) is 0 Å². The van der Waals surface area contributed by atoms with Crippen molar-refractivity contribution in [3.8, 4) is 22.8 Å². The molecule has 1 aliphatic heterocycles. The highest BCUT2D eigenvalue weighted by atomic mass is 16.5. The quantitative estimate of drug-likeness (QED) is 0.618. The lowest BCUT2D eigenvalue weighted by atomic mass is 9.85. The van der Waals surface area contributed by atoms with Crippen LogP contribution in [0, 0.1) is 5.92 Å². The van der Waals surface area contributed by atoms with Gasteiger partial charge in [0.2, 0.25) is 0 Å². The minimum atomic E-state index is -0.157. The van der Waals surface area contributed by atoms with E-state index < -0.39 is 0 Å². The Kier molecular flexibility index (Phi) is 5.05. The average Bonchev–Trinajstić information content (AvgIpc) is 3.29. The molecule has 0 unspecified atom stereocenters. The predicted molar refractivity (Wildman–Crippen MR) is 115 cm³/mol. The van der Waals surface area contributed by atoms with Crippen LogP contribution in [0.4, 0.5) is 5.82 Å². The van der Waals surface area contributed by atoms with Gasteiger partial charge in [-0.05, 0) is 37.5 Å². The number of esters is 1. The van der Waals surface area contributed by atoms with E-state index >= 15 is 0 Å². The van der Waals surface area contributed by atoms with Crippen molar-refractivity contribution in [1.29, 1.82) is 0 Å². The first-order valence-corrected chi connectivity index (χ1v) is 10.6. The lowest BCUT2D eigenvalue weighted by Crippen LogP contribution is -2.32. The van der Waals surface area contributed by atoms with E-state index in [2.05, 4.69) is 20.5 Å². The molecule has 2 aromatic heterocycles. The lowest BCUT2D eigenvalue weighted by molar-refractivity contribution is -0.146. The summed E-state index contributed by atoms with van der Waals surface area (Å²) in [5, 5.41) is 24.9. The Morgan fingerprint density at radius 1 is 1.23 bits per heavy atom. The van der Waals surface area contributed by atoms with E-state index in [0.29, 0.717) is 36.5 Å². The van der Waals surface area contributed by atoms with Crippen molar-refractivity contribution < 1.29 is 19.4 Å². The summed E-state index contributed by atoms with van der Waals surface area (Å²) in [6.07, 6.45) is 7.57. The maximum Gasteiger partial charge on any atom is 0.308 e. The Morgan fingerprint density at radius 2 is 2.13 bits per heavy atom. The van der Waals surface area contributed by atoms with E-state index in [9.17, 15) is 9.90 Å². The summed E-state index contributed by atoms with van der Waals surface area (Å²) in [4.78, 5) is 16.2. The van der Waals surface area contributed by atoms with Crippen molar-refractivity contribution >= 4 is 22.6 Å². The highest BCUT2D eigenvalue weighted by Gasteiger charge is 2.29. The number of hydrogen-bond acceptors (Lipinski definition) is 8. The number of fused-ring (bicyclic) bond motifs is 2. The predicted octanol–water partition coefficient (Wildman–Crippen LogP) is 3.48. The summed E-state index contributed by atoms with van der Waals surface area (Å²) in [5.74, 6) is 1.28. The van der Waals surface area contributed by atoms with Crippen molar-refractivity contribution in [1.82, 2.24) is 15.2 Å². The maximum absolute atomic E-state index is 12.0. The molecule has 2 atom stereocenters. The number of phenolic OH excluding ortho intramolecular Hbond substituents is 1. The molecular weight excluding hydrogens is 396 g/mol. The molecular formula is C23H24N4O4. The summed E-state index contributed by atoms with van der Waals surface area (Å²) in [7, 11) is 1.43. The summed E-state index contributed by atoms with van der Waals surface area (Å²) < 4.78 is 10.5. The van der Waals surface area contributed by atoms with Crippen LogP contribution >= 0.6 is 0 Å². The number of nitrogens with zero attached hydrogens (tertiary/aromatic N) is 3. The minimum absolute atomic E-state index is 0.0987. The van der Waals surface area contributed by atoms with Crippen molar-refractivity contribution in [2.75, 3.05) is 19.0 Å². The number of anilines is 1. The number of methoxy groups -OCH3 is 1. The smallest absolute Gasteiger partial charge is 0.308 e. The van der Waals surface area contributed by atoms with Crippen LogP contribution in [0.3, 0.4) is 0 Å². The fourth-order valence-corrected chi connectivity index (χ4v) is 4.65. The van der Waals surface area contributed by atoms with E-state index in [1.807, 2.05) is 18.2 Å². The lowest BCUT2D eigenvalue weighted by Gasteiger charge is -2.28. The van der Waals surface area contributed by atoms with Crippen LogP contribution in [-0.2, 0) is 16.0 Å². The number of hydrogen-bond donors (Lipinski definition) is 2. The normalized spacial score (nSPS) is 20.2. The molecule has 0 spiro atoms. The summed E-state index contributed by atoms with van der Waals surface area (Å²) in [5.41, 5.74) is 2.04. The average molecular weight is 420 g/mol. The van der Waals surface area contributed by atoms with E-state index in [4.69, 9.17) is 9.47 Å². The molecule has 1 aromatic carbocycles. The van der Waals surface area contributed by atoms with Crippen molar-refractivity contribution in [2.24, 2.45) is 5.92 Å². The number of nitrogens with one attached hydrogen (secondary N) is 1. The second kappa shape index (κ2) is 8.02. The maximum atomic E-state index is 12.0. The second-order valence-electron chi connectivity index (χ2n) is 8.08. The highest BCUT2D eigenvalue weighted by molar-refractivity contribution is 6.00. The molecule has 31 heavy (non-hydrogen) atoms. The Hall–Kier alpha value is -3.42. The Balaban J connectivity index is 1.50. The third-order valence-corrected chi connectivity index (χ3v) is 6.24. The van der Waals surface area contributed by atoms with Gasteiger partial charge < -0.3 is 19.9 Å². The SMILES string of the molecule is COC(=O)[C@H]1CCC[C@@H](Nc2nnc(-c3ccc4c(c3O)CCO4)c3ccncc23)C1. The first-order chi connectivity index (χ1) is 15.2. The Labute approximate surface area is 179 Å². The number of phenols is 1. The molecule has 5 rings (SSSR count). The summed E-state index contributed by atoms with van der Waals surface area (Å²) in [6, 6.07) is 5.67. The van der Waals surface area contributed by atoms with Gasteiger partial charge in [-0.15, -0.1) is 10.2 Å². The van der Waals surface area contributed by atoms with Crippen LogP contribution in [0.5, 0.6) is 11.5 Å². The molecule has 2 aliphatic rings. The van der Waals surface area contributed by atoms with Crippen LogP contribution in [0.15, 0.2) is 30.6 Å². The van der Waals surface area contributed by atoms with Crippen molar-refractivity contribution in [3.63, 3.8) is 0 Å². The van der Waals surface area contributed by atoms with Gasteiger partial charge in [0.1, 0.15) is 17.2 Å². The van der Waals surface area contributed by atoms with Crippen LogP contribution < -0.4 is 10.1 Å². The number of rotatable bonds is 4. The van der Waals surface area contributed by atoms with Crippen LogP contribution in [0.1, 0.15) is 31.2 Å². The zero-order valence-electron chi connectivity index (χ0n) is 17.3. The van der Waals surface area contributed by atoms with Crippen molar-refractivity contribution in [3.05, 3.63) is 36.2 Å². The van der Waals surface area contributed by atoms with Gasteiger partial charge in [0.25, 0.3) is 0 Å². The van der Waals surface area contributed by atoms with Gasteiger partial charge >= 0.3 is 5.97 Å². The van der Waals surface area contributed by atoms with E-state index in [1.165, 1.54) is 7.11 Å². The summed E-state index contributed by atoms with van der Waals surface area (Å²) in [6.45, 7) is 0.569. The number of carbonyl (C=O) groups excluding carboxylic acids is 1. The fourth-order valence-electron chi connectivity index (χ4n) is 4.65. The highest BCUT2D eigenvalue weighted by Crippen LogP contribution is 2.42. The zero-order chi connectivity index (χ0) is 21.4. The second-order valence-corrected chi connectivity index (χ2v) is 8.08. The molecule has 0 bridgehead atoms. The third kappa shape index (κ3) is 3.52. The zero-order valence-corrected chi connectivity index (χ0v) is 17.3. The molecule has 160 valence electrons. The van der Waals surface area contributed by atoms with Gasteiger partial charge in [0.05, 0.1) is 19.6 Å². The van der Waals surface area contributed by atoms with Gasteiger partial charge in [0.15, 0.2) is 5.82 Å². The van der Waals surface area contributed by atoms with Gasteiger partial charge in [-0.1, -0.05) is 6.42 Å². The fraction of sp³-hybridized carbons (Fsp3) is 0.391. The third-order valence-electron chi connectivity index (χ3n) is 6.24. The Bertz CT molecular complexity index is 1150. The molecule has 1 fully saturated rings. The number of benzene rings is 1. The first kappa shape index (κ1) is 19.5. The number of aromatic hydroxyl groups is 1. The molecule has 1 aliphatic carbocycles. The van der Waals surface area contributed by atoms with E-state index in [0.717, 1.165) is 41.3 Å². The first-order valence-electron chi connectivity index (χ1n) is 10.6. The molecule has 1 saturated carbocycles. The number of aromatic nitrogens is 3. The van der Waals surface area contributed by atoms with E-state index in [-0.39, 0.29) is 23.7 Å². The molecule has 0 amide bonds. The van der Waals surface area contributed by atoms with Gasteiger partial charge in [-0.25, -0.2) is 0 Å². The van der Waals surface area contributed by atoms with Gasteiger partial charge in [0, 0.05) is 46.8 Å². The van der Waals surface area contributed by atoms with Crippen molar-refractivity contribution in [2.45, 2.75) is 38.1 Å². The van der Waals surface area contributed by atoms with Gasteiger partial charge in [-0.3, -0.25) is 9.78 Å². The molecule has 8 nitrogen and oxygen atoms in total. The monoisotopic (exact) mass is 420 g/mol. The molecule has 0 saturated heterocycles. The van der Waals surface area contributed by atoms with Crippen LogP contribution in [0.25, 0.3) is 22.0 Å². The molecule has 3 heterocycles. The summed E-state index contributed by atoms with van der Waals surface area (Å²) >= 11 is 0. The van der Waals surface area contributed by atoms with Gasteiger partial charge in [-0.2, -0.15) is 0 Å². The molecule has 8 heteroatoms. The molecule has 3 aromatic rings. The Morgan fingerprint density at radius 3 is 3.00 bits per heavy atom. The number of ether oxygens (including phenoxy) is 2. The topological polar surface area (TPSA) is 106 Å². The van der Waals surface area contributed by atoms with Crippen LogP contribution in [-0.4, -0.2) is 46.0 Å².